The molecule has 2 amide bonds. The number of benzene rings is 1. The molecule has 1 aromatic carbocycles. The van der Waals surface area contributed by atoms with Crippen molar-refractivity contribution < 1.29 is 14.0 Å². The van der Waals surface area contributed by atoms with Gasteiger partial charge >= 0.3 is 0 Å². The Bertz CT molecular complexity index is 721. The second-order valence-corrected chi connectivity index (χ2v) is 5.11. The van der Waals surface area contributed by atoms with Crippen LogP contribution in [0.1, 0.15) is 23.7 Å². The molecular weight excluding hydrogens is 309 g/mol. The number of fused-ring (bicyclic) bond motifs is 1. The number of rotatable bonds is 5. The molecule has 2 N–H and O–H groups in total. The van der Waals surface area contributed by atoms with Crippen LogP contribution in [0.3, 0.4) is 0 Å². The van der Waals surface area contributed by atoms with E-state index >= 15 is 0 Å². The number of hydrogen-bond donors (Lipinski definition) is 2. The Morgan fingerprint density at radius 3 is 2.68 bits per heavy atom. The average Bonchev–Trinajstić information content (AvgIpc) is 2.45. The Morgan fingerprint density at radius 1 is 1.23 bits per heavy atom. The van der Waals surface area contributed by atoms with Crippen LogP contribution in [0.5, 0.6) is 0 Å². The third-order valence-electron chi connectivity index (χ3n) is 2.99. The molecule has 0 fully saturated rings. The lowest BCUT2D eigenvalue weighted by Crippen LogP contribution is -2.29. The molecule has 0 spiro atoms. The number of nitrogens with zero attached hydrogens (tertiary/aromatic N) is 1. The summed E-state index contributed by atoms with van der Waals surface area (Å²) >= 11 is 5.98. The molecular formula is C15H15ClFN3O2. The molecule has 0 aliphatic rings. The minimum Gasteiger partial charge on any atom is -0.356 e. The SMILES string of the molecule is CC(=O)NCCCNC(=O)c1cc2ccc(F)cc2nc1Cl. The molecule has 0 saturated carbocycles. The predicted octanol–water partition coefficient (Wildman–Crippen LogP) is 2.28. The summed E-state index contributed by atoms with van der Waals surface area (Å²) in [6.45, 7) is 2.32. The van der Waals surface area contributed by atoms with Crippen LogP contribution in [-0.4, -0.2) is 29.9 Å². The van der Waals surface area contributed by atoms with Crippen molar-refractivity contribution in [1.82, 2.24) is 15.6 Å². The molecule has 0 bridgehead atoms. The first kappa shape index (κ1) is 16.2. The van der Waals surface area contributed by atoms with Gasteiger partial charge in [0.2, 0.25) is 5.91 Å². The molecule has 0 unspecified atom stereocenters. The van der Waals surface area contributed by atoms with E-state index in [1.165, 1.54) is 19.1 Å². The first-order chi connectivity index (χ1) is 10.5. The number of halogens is 2. The maximum absolute atomic E-state index is 13.1. The topological polar surface area (TPSA) is 71.1 Å². The van der Waals surface area contributed by atoms with Gasteiger partial charge in [-0.05, 0) is 24.6 Å². The van der Waals surface area contributed by atoms with Crippen LogP contribution in [0.2, 0.25) is 5.15 Å². The molecule has 0 aliphatic heterocycles. The highest BCUT2D eigenvalue weighted by molar-refractivity contribution is 6.33. The number of carbonyl (C=O) groups is 2. The Labute approximate surface area is 131 Å². The van der Waals surface area contributed by atoms with Crippen molar-refractivity contribution in [1.29, 1.82) is 0 Å². The average molecular weight is 324 g/mol. The van der Waals surface area contributed by atoms with E-state index in [4.69, 9.17) is 11.6 Å². The number of hydrogen-bond acceptors (Lipinski definition) is 3. The van der Waals surface area contributed by atoms with Crippen molar-refractivity contribution in [2.75, 3.05) is 13.1 Å². The van der Waals surface area contributed by atoms with E-state index in [-0.39, 0.29) is 22.5 Å². The van der Waals surface area contributed by atoms with Crippen molar-refractivity contribution in [2.45, 2.75) is 13.3 Å². The van der Waals surface area contributed by atoms with E-state index in [2.05, 4.69) is 15.6 Å². The van der Waals surface area contributed by atoms with Gasteiger partial charge in [-0.1, -0.05) is 11.6 Å². The van der Waals surface area contributed by atoms with Crippen molar-refractivity contribution in [3.8, 4) is 0 Å². The van der Waals surface area contributed by atoms with E-state index in [9.17, 15) is 14.0 Å². The molecule has 2 aromatic rings. The fourth-order valence-electron chi connectivity index (χ4n) is 1.93. The largest absolute Gasteiger partial charge is 0.356 e. The van der Waals surface area contributed by atoms with Crippen LogP contribution in [-0.2, 0) is 4.79 Å². The highest BCUT2D eigenvalue weighted by atomic mass is 35.5. The van der Waals surface area contributed by atoms with Crippen molar-refractivity contribution >= 4 is 34.3 Å². The lowest BCUT2D eigenvalue weighted by atomic mass is 10.1. The standard InChI is InChI=1S/C15H15ClFN3O2/c1-9(21)18-5-2-6-19-15(22)12-7-10-3-4-11(17)8-13(10)20-14(12)16/h3-4,7-8H,2,5-6H2,1H3,(H,18,21)(H,19,22). The van der Waals surface area contributed by atoms with E-state index in [0.717, 1.165) is 0 Å². The Morgan fingerprint density at radius 2 is 1.95 bits per heavy atom. The summed E-state index contributed by atoms with van der Waals surface area (Å²) in [7, 11) is 0. The summed E-state index contributed by atoms with van der Waals surface area (Å²) < 4.78 is 13.1. The molecule has 22 heavy (non-hydrogen) atoms. The molecule has 0 radical (unpaired) electrons. The molecule has 7 heteroatoms. The van der Waals surface area contributed by atoms with Gasteiger partial charge in [-0.2, -0.15) is 0 Å². The minimum atomic E-state index is -0.411. The zero-order valence-corrected chi connectivity index (χ0v) is 12.7. The van der Waals surface area contributed by atoms with Crippen LogP contribution in [0, 0.1) is 5.82 Å². The van der Waals surface area contributed by atoms with Gasteiger partial charge in [0.15, 0.2) is 0 Å². The molecule has 0 saturated heterocycles. The second kappa shape index (κ2) is 7.17. The number of nitrogens with one attached hydrogen (secondary N) is 2. The summed E-state index contributed by atoms with van der Waals surface area (Å²) in [6.07, 6.45) is 0.606. The van der Waals surface area contributed by atoms with Gasteiger partial charge in [0.25, 0.3) is 5.91 Å². The fourth-order valence-corrected chi connectivity index (χ4v) is 2.16. The Hall–Kier alpha value is -2.21. The van der Waals surface area contributed by atoms with E-state index in [1.807, 2.05) is 0 Å². The van der Waals surface area contributed by atoms with Crippen LogP contribution < -0.4 is 10.6 Å². The van der Waals surface area contributed by atoms with Crippen molar-refractivity contribution in [3.05, 3.63) is 40.8 Å². The number of carbonyl (C=O) groups excluding carboxylic acids is 2. The van der Waals surface area contributed by atoms with Crippen molar-refractivity contribution in [3.63, 3.8) is 0 Å². The monoisotopic (exact) mass is 323 g/mol. The third kappa shape index (κ3) is 4.14. The maximum Gasteiger partial charge on any atom is 0.254 e. The van der Waals surface area contributed by atoms with E-state index < -0.39 is 5.82 Å². The molecule has 0 atom stereocenters. The first-order valence-electron chi connectivity index (χ1n) is 6.76. The normalized spacial score (nSPS) is 10.5. The first-order valence-corrected chi connectivity index (χ1v) is 7.13. The molecule has 116 valence electrons. The second-order valence-electron chi connectivity index (χ2n) is 4.76. The number of aromatic nitrogens is 1. The smallest absolute Gasteiger partial charge is 0.254 e. The molecule has 1 aromatic heterocycles. The van der Waals surface area contributed by atoms with Gasteiger partial charge < -0.3 is 10.6 Å². The van der Waals surface area contributed by atoms with E-state index in [0.29, 0.717) is 30.4 Å². The zero-order chi connectivity index (χ0) is 16.1. The summed E-state index contributed by atoms with van der Waals surface area (Å²) in [5, 5.41) is 6.00. The van der Waals surface area contributed by atoms with Gasteiger partial charge in [0, 0.05) is 31.5 Å². The lowest BCUT2D eigenvalue weighted by Gasteiger charge is -2.08. The van der Waals surface area contributed by atoms with Gasteiger partial charge in [-0.25, -0.2) is 9.37 Å². The third-order valence-corrected chi connectivity index (χ3v) is 3.28. The van der Waals surface area contributed by atoms with Crippen LogP contribution >= 0.6 is 11.6 Å². The Kier molecular flexibility index (Phi) is 5.27. The van der Waals surface area contributed by atoms with Crippen LogP contribution in [0.15, 0.2) is 24.3 Å². The van der Waals surface area contributed by atoms with Crippen LogP contribution in [0.25, 0.3) is 10.9 Å². The van der Waals surface area contributed by atoms with Crippen LogP contribution in [0.4, 0.5) is 4.39 Å². The van der Waals surface area contributed by atoms with Gasteiger partial charge in [0.1, 0.15) is 11.0 Å². The highest BCUT2D eigenvalue weighted by Crippen LogP contribution is 2.21. The zero-order valence-electron chi connectivity index (χ0n) is 12.0. The Balaban J connectivity index is 2.03. The summed E-state index contributed by atoms with van der Waals surface area (Å²) in [4.78, 5) is 26.8. The molecule has 1 heterocycles. The summed E-state index contributed by atoms with van der Waals surface area (Å²) in [5.41, 5.74) is 0.632. The van der Waals surface area contributed by atoms with E-state index in [1.54, 1.807) is 12.1 Å². The summed E-state index contributed by atoms with van der Waals surface area (Å²) in [6, 6.07) is 5.68. The van der Waals surface area contributed by atoms with Gasteiger partial charge in [-0.3, -0.25) is 9.59 Å². The van der Waals surface area contributed by atoms with Gasteiger partial charge in [0.05, 0.1) is 11.1 Å². The lowest BCUT2D eigenvalue weighted by molar-refractivity contribution is -0.118. The molecule has 2 rings (SSSR count). The van der Waals surface area contributed by atoms with Gasteiger partial charge in [-0.15, -0.1) is 0 Å². The minimum absolute atomic E-state index is 0.0254. The highest BCUT2D eigenvalue weighted by Gasteiger charge is 2.13. The quantitative estimate of drug-likeness (QED) is 0.655. The molecule has 5 nitrogen and oxygen atoms in total. The predicted molar refractivity (Wildman–Crippen MR) is 82.3 cm³/mol. The number of amides is 2. The summed E-state index contributed by atoms with van der Waals surface area (Å²) in [5.74, 6) is -0.877. The molecule has 0 aliphatic carbocycles. The fraction of sp³-hybridized carbons (Fsp3) is 0.267. The van der Waals surface area contributed by atoms with Crippen molar-refractivity contribution in [2.24, 2.45) is 0 Å². The number of pyridine rings is 1. The maximum atomic E-state index is 13.1.